The maximum atomic E-state index is 13.6. The highest BCUT2D eigenvalue weighted by Crippen LogP contribution is 2.40. The number of sulfonamides is 1. The van der Waals surface area contributed by atoms with Gasteiger partial charge in [-0.25, -0.2) is 13.2 Å². The fraction of sp³-hybridized carbons (Fsp3) is 0.208. The molecule has 308 valence electrons. The van der Waals surface area contributed by atoms with Gasteiger partial charge in [0.05, 0.1) is 29.3 Å². The number of thioether (sulfide) groups is 1. The minimum Gasteiger partial charge on any atom is -0.478 e. The van der Waals surface area contributed by atoms with Crippen molar-refractivity contribution in [2.45, 2.75) is 67.2 Å². The number of aromatic carboxylic acids is 1. The summed E-state index contributed by atoms with van der Waals surface area (Å²) in [5, 5.41) is 21.8. The Morgan fingerprint density at radius 2 is 1.43 bits per heavy atom. The van der Waals surface area contributed by atoms with Gasteiger partial charge in [0.1, 0.15) is 6.04 Å². The van der Waals surface area contributed by atoms with Crippen LogP contribution >= 0.6 is 11.8 Å². The fourth-order valence-electron chi connectivity index (χ4n) is 6.92. The van der Waals surface area contributed by atoms with Gasteiger partial charge in [-0.3, -0.25) is 4.79 Å². The Hall–Kier alpha value is -5.60. The number of carboxylic acid groups (broad SMARTS) is 1. The average molecular weight is 843 g/mol. The molecule has 1 aliphatic heterocycles. The summed E-state index contributed by atoms with van der Waals surface area (Å²) in [6, 6.07) is 45.1. The second kappa shape index (κ2) is 19.6. The first-order chi connectivity index (χ1) is 29.0. The van der Waals surface area contributed by atoms with Gasteiger partial charge in [0.25, 0.3) is 0 Å². The van der Waals surface area contributed by atoms with Crippen LogP contribution < -0.4 is 10.0 Å². The summed E-state index contributed by atoms with van der Waals surface area (Å²) in [5.74, 6) is -0.774. The van der Waals surface area contributed by atoms with Gasteiger partial charge in [-0.05, 0) is 89.2 Å². The minimum absolute atomic E-state index is 0.0462. The molecule has 6 aromatic carbocycles. The summed E-state index contributed by atoms with van der Waals surface area (Å²) in [7, 11) is -3.97. The number of hydrogen-bond acceptors (Lipinski definition) is 8. The Morgan fingerprint density at radius 3 is 2.12 bits per heavy atom. The summed E-state index contributed by atoms with van der Waals surface area (Å²) in [6.45, 7) is 2.02. The lowest BCUT2D eigenvalue weighted by Gasteiger charge is -2.36. The fourth-order valence-corrected chi connectivity index (χ4v) is 9.04. The highest BCUT2D eigenvalue weighted by atomic mass is 32.2. The lowest BCUT2D eigenvalue weighted by atomic mass is 9.99. The number of benzene rings is 6. The lowest BCUT2D eigenvalue weighted by Crippen LogP contribution is -2.47. The van der Waals surface area contributed by atoms with Gasteiger partial charge < -0.3 is 25.0 Å². The molecule has 7 rings (SSSR count). The predicted octanol–water partition coefficient (Wildman–Crippen LogP) is 8.40. The largest absolute Gasteiger partial charge is 0.478 e. The number of aliphatic hydroxyl groups excluding tert-OH is 1. The summed E-state index contributed by atoms with van der Waals surface area (Å²) in [6.07, 6.45) is -0.288. The summed E-state index contributed by atoms with van der Waals surface area (Å²) >= 11 is 1.59. The number of nitrogens with one attached hydrogen (secondary N) is 2. The van der Waals surface area contributed by atoms with Gasteiger partial charge in [-0.15, -0.1) is 11.8 Å². The number of hydrogen-bond donors (Lipinski definition) is 4. The van der Waals surface area contributed by atoms with E-state index in [1.54, 1.807) is 48.2 Å². The second-order valence-electron chi connectivity index (χ2n) is 14.7. The lowest BCUT2D eigenvalue weighted by molar-refractivity contribution is -0.245. The van der Waals surface area contributed by atoms with E-state index in [-0.39, 0.29) is 42.2 Å². The topological polar surface area (TPSA) is 151 Å². The number of carbonyl (C=O) groups is 2. The van der Waals surface area contributed by atoms with E-state index in [1.807, 2.05) is 110 Å². The van der Waals surface area contributed by atoms with Crippen molar-refractivity contribution in [3.05, 3.63) is 191 Å². The monoisotopic (exact) mass is 842 g/mol. The number of amides is 1. The van der Waals surface area contributed by atoms with Gasteiger partial charge >= 0.3 is 5.97 Å². The quantitative estimate of drug-likeness (QED) is 0.0705. The zero-order chi connectivity index (χ0) is 42.1. The van der Waals surface area contributed by atoms with Crippen molar-refractivity contribution in [1.29, 1.82) is 0 Å². The molecule has 4 unspecified atom stereocenters. The van der Waals surface area contributed by atoms with Crippen LogP contribution in [0.4, 0.5) is 0 Å². The van der Waals surface area contributed by atoms with Gasteiger partial charge in [0.15, 0.2) is 6.29 Å². The molecule has 1 heterocycles. The van der Waals surface area contributed by atoms with E-state index in [4.69, 9.17) is 9.47 Å². The van der Waals surface area contributed by atoms with Crippen LogP contribution in [0.25, 0.3) is 11.1 Å². The number of carboxylic acids is 1. The molecule has 0 aliphatic carbocycles. The SMILES string of the molecule is Cc1ccc(S(=O)(=O)NC(Cc2ccccc2)C(=O)NCc2cccc(-c3ccc(C4OC(CSc5ccc(C(=O)O)cc5)CC(c5ccc(CO)cc5)O4)cc3)c2)cc1. The van der Waals surface area contributed by atoms with Crippen LogP contribution in [-0.4, -0.2) is 48.4 Å². The van der Waals surface area contributed by atoms with Gasteiger partial charge in [-0.2, -0.15) is 4.72 Å². The summed E-state index contributed by atoms with van der Waals surface area (Å²) < 4.78 is 42.4. The van der Waals surface area contributed by atoms with Crippen molar-refractivity contribution in [1.82, 2.24) is 10.0 Å². The van der Waals surface area contributed by atoms with Crippen molar-refractivity contribution in [3.8, 4) is 11.1 Å². The number of rotatable bonds is 16. The molecule has 60 heavy (non-hydrogen) atoms. The molecular weight excluding hydrogens is 797 g/mol. The van der Waals surface area contributed by atoms with Gasteiger partial charge in [0.2, 0.25) is 15.9 Å². The van der Waals surface area contributed by atoms with Gasteiger partial charge in [-0.1, -0.05) is 115 Å². The maximum absolute atomic E-state index is 13.6. The average Bonchev–Trinajstić information content (AvgIpc) is 3.28. The molecule has 10 nitrogen and oxygen atoms in total. The van der Waals surface area contributed by atoms with Crippen LogP contribution in [0.2, 0.25) is 0 Å². The maximum Gasteiger partial charge on any atom is 0.335 e. The normalized spacial score (nSPS) is 17.1. The number of carbonyl (C=O) groups excluding carboxylic acids is 1. The molecular formula is C48H46N2O8S2. The Labute approximate surface area is 354 Å². The van der Waals surface area contributed by atoms with Gasteiger partial charge in [0, 0.05) is 29.2 Å². The standard InChI is InChI=1S/C48H46N2O8S2/c1-32-10-24-43(25-11-32)60(55,56)50-44(27-33-6-3-2-4-7-33)46(52)49-29-35-8-5-9-40(26-35)36-16-18-39(19-17-36)48-57-41(31-59-42-22-20-38(21-23-42)47(53)54)28-45(58-48)37-14-12-34(30-51)13-15-37/h2-26,41,44-45,48,50-51H,27-31H2,1H3,(H,49,52)(H,53,54). The van der Waals surface area contributed by atoms with E-state index in [2.05, 4.69) is 10.0 Å². The van der Waals surface area contributed by atoms with Crippen LogP contribution in [0.1, 0.15) is 62.6 Å². The van der Waals surface area contributed by atoms with Crippen molar-refractivity contribution in [3.63, 3.8) is 0 Å². The highest BCUT2D eigenvalue weighted by Gasteiger charge is 2.32. The second-order valence-corrected chi connectivity index (χ2v) is 17.5. The third kappa shape index (κ3) is 11.2. The number of aryl methyl sites for hydroxylation is 1. The zero-order valence-corrected chi connectivity index (χ0v) is 34.6. The first-order valence-corrected chi connectivity index (χ1v) is 22.1. The Morgan fingerprint density at radius 1 is 0.750 bits per heavy atom. The molecule has 0 radical (unpaired) electrons. The van der Waals surface area contributed by atoms with Crippen molar-refractivity contribution in [2.75, 3.05) is 5.75 Å². The molecule has 1 fully saturated rings. The Bertz CT molecular complexity index is 2480. The summed E-state index contributed by atoms with van der Waals surface area (Å²) in [5.41, 5.74) is 7.36. The third-order valence-electron chi connectivity index (χ3n) is 10.3. The first-order valence-electron chi connectivity index (χ1n) is 19.6. The minimum atomic E-state index is -3.97. The van der Waals surface area contributed by atoms with E-state index < -0.39 is 34.2 Å². The van der Waals surface area contributed by atoms with Crippen molar-refractivity contribution in [2.24, 2.45) is 0 Å². The predicted molar refractivity (Wildman–Crippen MR) is 232 cm³/mol. The van der Waals surface area contributed by atoms with Crippen LogP contribution in [0.15, 0.2) is 161 Å². The van der Waals surface area contributed by atoms with Crippen molar-refractivity contribution >= 4 is 33.7 Å². The first kappa shape index (κ1) is 42.5. The molecule has 0 spiro atoms. The summed E-state index contributed by atoms with van der Waals surface area (Å²) in [4.78, 5) is 26.0. The molecule has 4 atom stereocenters. The smallest absolute Gasteiger partial charge is 0.335 e. The molecule has 6 aromatic rings. The Kier molecular flexibility index (Phi) is 13.9. The third-order valence-corrected chi connectivity index (χ3v) is 12.9. The molecule has 0 bridgehead atoms. The molecule has 4 N–H and O–H groups in total. The zero-order valence-electron chi connectivity index (χ0n) is 32.9. The van der Waals surface area contributed by atoms with Crippen LogP contribution in [0, 0.1) is 6.92 Å². The molecule has 0 aromatic heterocycles. The molecule has 12 heteroatoms. The molecule has 1 amide bonds. The van der Waals surface area contributed by atoms with Crippen LogP contribution in [0.5, 0.6) is 0 Å². The molecule has 1 aliphatic rings. The van der Waals surface area contributed by atoms with E-state index in [0.717, 1.165) is 49.4 Å². The highest BCUT2D eigenvalue weighted by molar-refractivity contribution is 7.99. The van der Waals surface area contributed by atoms with E-state index in [9.17, 15) is 28.2 Å². The number of ether oxygens (including phenoxy) is 2. The van der Waals surface area contributed by atoms with E-state index >= 15 is 0 Å². The van der Waals surface area contributed by atoms with Crippen molar-refractivity contribution < 1.29 is 37.7 Å². The Balaban J connectivity index is 1.03. The molecule has 1 saturated heterocycles. The van der Waals surface area contributed by atoms with E-state index in [1.165, 1.54) is 12.1 Å². The van der Waals surface area contributed by atoms with E-state index in [0.29, 0.717) is 12.2 Å². The van der Waals surface area contributed by atoms with Crippen LogP contribution in [-0.2, 0) is 43.9 Å². The molecule has 0 saturated carbocycles. The number of aliphatic hydroxyl groups is 1. The van der Waals surface area contributed by atoms with Crippen LogP contribution in [0.3, 0.4) is 0 Å².